The second-order valence-electron chi connectivity index (χ2n) is 3.83. The lowest BCUT2D eigenvalue weighted by atomic mass is 10.3. The van der Waals surface area contributed by atoms with Crippen molar-refractivity contribution in [3.05, 3.63) is 40.7 Å². The topological polar surface area (TPSA) is 92.2 Å². The van der Waals surface area contributed by atoms with Gasteiger partial charge < -0.3 is 5.11 Å². The fourth-order valence-electron chi connectivity index (χ4n) is 1.43. The Bertz CT molecular complexity index is 624. The maximum Gasteiger partial charge on any atom is 0.309 e. The molecule has 0 atom stereocenters. The summed E-state index contributed by atoms with van der Waals surface area (Å²) in [6.45, 7) is 1.80. The summed E-state index contributed by atoms with van der Waals surface area (Å²) >= 11 is 1.18. The number of hydrogen-bond acceptors (Lipinski definition) is 5. The molecule has 0 unspecified atom stereocenters. The van der Waals surface area contributed by atoms with Gasteiger partial charge in [-0.3, -0.25) is 14.9 Å². The van der Waals surface area contributed by atoms with Gasteiger partial charge in [-0.2, -0.15) is 0 Å². The van der Waals surface area contributed by atoms with Crippen LogP contribution in [-0.4, -0.2) is 27.0 Å². The molecule has 0 aliphatic heterocycles. The summed E-state index contributed by atoms with van der Waals surface area (Å²) in [4.78, 5) is 30.5. The van der Waals surface area contributed by atoms with E-state index >= 15 is 0 Å². The SMILES string of the molecule is Cc1cccc(C(=O)Nc2nc(CC(=O)O)cs2)n1. The summed E-state index contributed by atoms with van der Waals surface area (Å²) < 4.78 is 0. The molecule has 0 radical (unpaired) electrons. The van der Waals surface area contributed by atoms with Gasteiger partial charge in [0.25, 0.3) is 5.91 Å². The lowest BCUT2D eigenvalue weighted by Crippen LogP contribution is -2.14. The molecule has 7 heteroatoms. The normalized spacial score (nSPS) is 10.2. The van der Waals surface area contributed by atoms with Crippen LogP contribution in [0.4, 0.5) is 5.13 Å². The summed E-state index contributed by atoms with van der Waals surface area (Å²) in [5.41, 5.74) is 1.47. The molecule has 0 bridgehead atoms. The third-order valence-electron chi connectivity index (χ3n) is 2.23. The van der Waals surface area contributed by atoms with Gasteiger partial charge in [-0.15, -0.1) is 11.3 Å². The fraction of sp³-hybridized carbons (Fsp3) is 0.167. The van der Waals surface area contributed by atoms with Crippen molar-refractivity contribution in [2.75, 3.05) is 5.32 Å². The lowest BCUT2D eigenvalue weighted by Gasteiger charge is -2.01. The molecule has 0 saturated heterocycles. The van der Waals surface area contributed by atoms with E-state index in [0.29, 0.717) is 16.5 Å². The van der Waals surface area contributed by atoms with E-state index in [1.807, 2.05) is 0 Å². The maximum atomic E-state index is 11.9. The molecule has 0 aliphatic rings. The molecule has 2 heterocycles. The molecule has 2 N–H and O–H groups in total. The number of aryl methyl sites for hydroxylation is 1. The third-order valence-corrected chi connectivity index (χ3v) is 3.03. The molecule has 2 aromatic heterocycles. The molecular formula is C12H11N3O3S. The zero-order chi connectivity index (χ0) is 13.8. The number of aromatic nitrogens is 2. The Hall–Kier alpha value is -2.28. The van der Waals surface area contributed by atoms with Gasteiger partial charge in [0.2, 0.25) is 0 Å². The minimum Gasteiger partial charge on any atom is -0.481 e. The summed E-state index contributed by atoms with van der Waals surface area (Å²) in [6.07, 6.45) is -0.158. The van der Waals surface area contributed by atoms with Crippen molar-refractivity contribution in [3.8, 4) is 0 Å². The highest BCUT2D eigenvalue weighted by atomic mass is 32.1. The number of nitrogens with zero attached hydrogens (tertiary/aromatic N) is 2. The number of hydrogen-bond donors (Lipinski definition) is 2. The van der Waals surface area contributed by atoms with E-state index in [-0.39, 0.29) is 12.3 Å². The average molecular weight is 277 g/mol. The Morgan fingerprint density at radius 3 is 2.84 bits per heavy atom. The smallest absolute Gasteiger partial charge is 0.309 e. The Balaban J connectivity index is 2.06. The maximum absolute atomic E-state index is 11.9. The van der Waals surface area contributed by atoms with E-state index < -0.39 is 5.97 Å². The number of carboxylic acids is 1. The Kier molecular flexibility index (Phi) is 3.86. The van der Waals surface area contributed by atoms with Gasteiger partial charge in [0.15, 0.2) is 5.13 Å². The van der Waals surface area contributed by atoms with Crippen LogP contribution in [0.15, 0.2) is 23.6 Å². The van der Waals surface area contributed by atoms with Crippen LogP contribution in [0.5, 0.6) is 0 Å². The number of anilines is 1. The number of aliphatic carboxylic acids is 1. The number of rotatable bonds is 4. The average Bonchev–Trinajstić information content (AvgIpc) is 2.75. The highest BCUT2D eigenvalue weighted by molar-refractivity contribution is 7.14. The minimum absolute atomic E-state index is 0.158. The first-order chi connectivity index (χ1) is 9.04. The highest BCUT2D eigenvalue weighted by Gasteiger charge is 2.11. The minimum atomic E-state index is -0.955. The molecular weight excluding hydrogens is 266 g/mol. The Morgan fingerprint density at radius 2 is 2.16 bits per heavy atom. The lowest BCUT2D eigenvalue weighted by molar-refractivity contribution is -0.136. The first kappa shape index (κ1) is 13.2. The predicted molar refractivity (Wildman–Crippen MR) is 70.4 cm³/mol. The summed E-state index contributed by atoms with van der Waals surface area (Å²) in [5.74, 6) is -1.32. The monoisotopic (exact) mass is 277 g/mol. The van der Waals surface area contributed by atoms with Gasteiger partial charge in [0.1, 0.15) is 5.69 Å². The zero-order valence-electron chi connectivity index (χ0n) is 10.1. The van der Waals surface area contributed by atoms with Crippen molar-refractivity contribution in [2.24, 2.45) is 0 Å². The number of carboxylic acid groups (broad SMARTS) is 1. The van der Waals surface area contributed by atoms with Gasteiger partial charge in [-0.05, 0) is 19.1 Å². The molecule has 1 amide bonds. The van der Waals surface area contributed by atoms with Crippen LogP contribution < -0.4 is 5.32 Å². The van der Waals surface area contributed by atoms with Gasteiger partial charge in [-0.1, -0.05) is 6.07 Å². The van der Waals surface area contributed by atoms with Crippen LogP contribution in [0.1, 0.15) is 21.9 Å². The molecule has 0 aliphatic carbocycles. The third kappa shape index (κ3) is 3.59. The van der Waals surface area contributed by atoms with Crippen molar-refractivity contribution in [1.29, 1.82) is 0 Å². The molecule has 2 aromatic rings. The second-order valence-corrected chi connectivity index (χ2v) is 4.69. The van der Waals surface area contributed by atoms with Gasteiger partial charge in [0.05, 0.1) is 12.1 Å². The van der Waals surface area contributed by atoms with Gasteiger partial charge >= 0.3 is 5.97 Å². The molecule has 98 valence electrons. The number of amides is 1. The van der Waals surface area contributed by atoms with E-state index in [1.54, 1.807) is 30.5 Å². The first-order valence-electron chi connectivity index (χ1n) is 5.46. The molecule has 19 heavy (non-hydrogen) atoms. The van der Waals surface area contributed by atoms with Crippen LogP contribution in [0.25, 0.3) is 0 Å². The number of nitrogens with one attached hydrogen (secondary N) is 1. The fourth-order valence-corrected chi connectivity index (χ4v) is 2.14. The van der Waals surface area contributed by atoms with Crippen molar-refractivity contribution in [2.45, 2.75) is 13.3 Å². The first-order valence-corrected chi connectivity index (χ1v) is 6.34. The van der Waals surface area contributed by atoms with E-state index in [0.717, 1.165) is 5.69 Å². The standard InChI is InChI=1S/C12H11N3O3S/c1-7-3-2-4-9(13-7)11(18)15-12-14-8(6-19-12)5-10(16)17/h2-4,6H,5H2,1H3,(H,16,17)(H,14,15,18). The van der Waals surface area contributed by atoms with Crippen LogP contribution in [0.3, 0.4) is 0 Å². The number of thiazole rings is 1. The zero-order valence-corrected chi connectivity index (χ0v) is 10.9. The van der Waals surface area contributed by atoms with E-state index in [1.165, 1.54) is 11.3 Å². The molecule has 0 spiro atoms. The summed E-state index contributed by atoms with van der Waals surface area (Å²) in [5, 5.41) is 13.2. The van der Waals surface area contributed by atoms with Crippen LogP contribution >= 0.6 is 11.3 Å². The van der Waals surface area contributed by atoms with Crippen molar-refractivity contribution < 1.29 is 14.7 Å². The van der Waals surface area contributed by atoms with Crippen molar-refractivity contribution >= 4 is 28.3 Å². The number of carbonyl (C=O) groups is 2. The molecule has 0 fully saturated rings. The predicted octanol–water partition coefficient (Wildman–Crippen LogP) is 1.73. The highest BCUT2D eigenvalue weighted by Crippen LogP contribution is 2.16. The van der Waals surface area contributed by atoms with Crippen LogP contribution in [0.2, 0.25) is 0 Å². The molecule has 0 saturated carbocycles. The van der Waals surface area contributed by atoms with E-state index in [4.69, 9.17) is 5.11 Å². The van der Waals surface area contributed by atoms with Crippen LogP contribution in [-0.2, 0) is 11.2 Å². The summed E-state index contributed by atoms with van der Waals surface area (Å²) in [6, 6.07) is 5.15. The molecule has 0 aromatic carbocycles. The van der Waals surface area contributed by atoms with Gasteiger partial charge in [0, 0.05) is 11.1 Å². The number of pyridine rings is 1. The quantitative estimate of drug-likeness (QED) is 0.887. The van der Waals surface area contributed by atoms with Crippen molar-refractivity contribution in [1.82, 2.24) is 9.97 Å². The second kappa shape index (κ2) is 5.57. The molecule has 2 rings (SSSR count). The largest absolute Gasteiger partial charge is 0.481 e. The summed E-state index contributed by atoms with van der Waals surface area (Å²) in [7, 11) is 0. The Morgan fingerprint density at radius 1 is 1.37 bits per heavy atom. The van der Waals surface area contributed by atoms with Crippen LogP contribution in [0, 0.1) is 6.92 Å². The van der Waals surface area contributed by atoms with Crippen molar-refractivity contribution in [3.63, 3.8) is 0 Å². The number of carbonyl (C=O) groups excluding carboxylic acids is 1. The van der Waals surface area contributed by atoms with E-state index in [9.17, 15) is 9.59 Å². The Labute approximate surface area is 113 Å². The van der Waals surface area contributed by atoms with E-state index in [2.05, 4.69) is 15.3 Å². The van der Waals surface area contributed by atoms with Gasteiger partial charge in [-0.25, -0.2) is 9.97 Å². The molecule has 6 nitrogen and oxygen atoms in total.